The summed E-state index contributed by atoms with van der Waals surface area (Å²) in [6.45, 7) is -0.255. The quantitative estimate of drug-likeness (QED) is 0.832. The zero-order chi connectivity index (χ0) is 14.9. The van der Waals surface area contributed by atoms with E-state index < -0.39 is 10.0 Å². The molecule has 0 bridgehead atoms. The third-order valence-electron chi connectivity index (χ3n) is 2.99. The molecule has 0 radical (unpaired) electrons. The number of carbonyl (C=O) groups is 1. The molecule has 0 spiro atoms. The Morgan fingerprint density at radius 2 is 2.10 bits per heavy atom. The number of nitrogens with zero attached hydrogens (tertiary/aromatic N) is 1. The highest BCUT2D eigenvalue weighted by molar-refractivity contribution is 7.88. The Hall–Kier alpha value is -1.86. The molecule has 20 heavy (non-hydrogen) atoms. The van der Waals surface area contributed by atoms with Gasteiger partial charge in [-0.25, -0.2) is 13.1 Å². The zero-order valence-electron chi connectivity index (χ0n) is 11.5. The highest BCUT2D eigenvalue weighted by atomic mass is 32.2. The summed E-state index contributed by atoms with van der Waals surface area (Å²) in [7, 11) is -0.00747. The molecule has 7 heteroatoms. The Bertz CT molecular complexity index is 762. The van der Waals surface area contributed by atoms with E-state index in [-0.39, 0.29) is 12.3 Å². The van der Waals surface area contributed by atoms with Gasteiger partial charge in [-0.1, -0.05) is 0 Å². The number of fused-ring (bicyclic) bond motifs is 1. The Morgan fingerprint density at radius 1 is 1.40 bits per heavy atom. The predicted molar refractivity (Wildman–Crippen MR) is 76.6 cm³/mol. The molecule has 108 valence electrons. The summed E-state index contributed by atoms with van der Waals surface area (Å²) in [5.41, 5.74) is 1.35. The average Bonchev–Trinajstić information content (AvgIpc) is 2.72. The maximum absolute atomic E-state index is 12.1. The molecular formula is C13H16N2O4S. The molecule has 0 saturated heterocycles. The molecule has 1 N–H and O–H groups in total. The third-order valence-corrected chi connectivity index (χ3v) is 3.66. The first-order chi connectivity index (χ1) is 9.31. The standard InChI is InChI=1S/C13H16N2O4S/c1-15-8-11(13(16)7-14-20(3,17)18)10-6-9(19-2)4-5-12(10)15/h4-6,8,14H,7H2,1-3H3. The Morgan fingerprint density at radius 3 is 2.70 bits per heavy atom. The molecule has 0 fully saturated rings. The number of rotatable bonds is 5. The lowest BCUT2D eigenvalue weighted by Crippen LogP contribution is -2.28. The number of aryl methyl sites for hydroxylation is 1. The molecule has 0 atom stereocenters. The minimum atomic E-state index is -3.39. The molecule has 1 heterocycles. The van der Waals surface area contributed by atoms with Crippen molar-refractivity contribution in [2.24, 2.45) is 7.05 Å². The molecule has 0 amide bonds. The summed E-state index contributed by atoms with van der Waals surface area (Å²) >= 11 is 0. The topological polar surface area (TPSA) is 77.4 Å². The summed E-state index contributed by atoms with van der Waals surface area (Å²) in [5, 5.41) is 0.743. The van der Waals surface area contributed by atoms with Gasteiger partial charge in [-0.15, -0.1) is 0 Å². The highest BCUT2D eigenvalue weighted by Gasteiger charge is 2.15. The van der Waals surface area contributed by atoms with Crippen LogP contribution < -0.4 is 9.46 Å². The van der Waals surface area contributed by atoms with E-state index in [0.29, 0.717) is 11.3 Å². The van der Waals surface area contributed by atoms with Crippen LogP contribution in [0.5, 0.6) is 5.75 Å². The van der Waals surface area contributed by atoms with E-state index in [2.05, 4.69) is 4.72 Å². The monoisotopic (exact) mass is 296 g/mol. The van der Waals surface area contributed by atoms with E-state index in [1.807, 2.05) is 23.7 Å². The van der Waals surface area contributed by atoms with Crippen LogP contribution in [-0.2, 0) is 17.1 Å². The first kappa shape index (κ1) is 14.5. The van der Waals surface area contributed by atoms with Crippen LogP contribution >= 0.6 is 0 Å². The average molecular weight is 296 g/mol. The number of nitrogens with one attached hydrogen (secondary N) is 1. The van der Waals surface area contributed by atoms with Crippen LogP contribution in [0.3, 0.4) is 0 Å². The number of ketones is 1. The summed E-state index contributed by atoms with van der Waals surface area (Å²) in [4.78, 5) is 12.1. The molecular weight excluding hydrogens is 280 g/mol. The van der Waals surface area contributed by atoms with Crippen molar-refractivity contribution in [3.05, 3.63) is 30.0 Å². The number of methoxy groups -OCH3 is 1. The second-order valence-electron chi connectivity index (χ2n) is 4.55. The summed E-state index contributed by atoms with van der Waals surface area (Å²) in [6.07, 6.45) is 2.71. The summed E-state index contributed by atoms with van der Waals surface area (Å²) < 4.78 is 31.3. The smallest absolute Gasteiger partial charge is 0.209 e. The maximum Gasteiger partial charge on any atom is 0.209 e. The van der Waals surface area contributed by atoms with Crippen molar-refractivity contribution in [1.29, 1.82) is 0 Å². The minimum absolute atomic E-state index is 0.255. The number of benzene rings is 1. The normalized spacial score (nSPS) is 11.8. The largest absolute Gasteiger partial charge is 0.497 e. The van der Waals surface area contributed by atoms with Gasteiger partial charge >= 0.3 is 0 Å². The van der Waals surface area contributed by atoms with Crippen LogP contribution in [0.2, 0.25) is 0 Å². The van der Waals surface area contributed by atoms with Crippen molar-refractivity contribution in [3.8, 4) is 5.75 Å². The lowest BCUT2D eigenvalue weighted by molar-refractivity contribution is 0.0998. The number of Topliss-reactive ketones (excluding diaryl/α,β-unsaturated/α-hetero) is 1. The summed E-state index contributed by atoms with van der Waals surface area (Å²) in [5.74, 6) is 0.364. The van der Waals surface area contributed by atoms with Gasteiger partial charge in [0.1, 0.15) is 5.75 Å². The molecule has 0 aliphatic rings. The van der Waals surface area contributed by atoms with Gasteiger partial charge in [-0.2, -0.15) is 0 Å². The van der Waals surface area contributed by atoms with E-state index >= 15 is 0 Å². The number of hydrogen-bond acceptors (Lipinski definition) is 4. The molecule has 0 aliphatic heterocycles. The lowest BCUT2D eigenvalue weighted by atomic mass is 10.1. The van der Waals surface area contributed by atoms with E-state index in [4.69, 9.17) is 4.74 Å². The highest BCUT2D eigenvalue weighted by Crippen LogP contribution is 2.25. The minimum Gasteiger partial charge on any atom is -0.497 e. The van der Waals surface area contributed by atoms with Gasteiger partial charge in [0.05, 0.1) is 19.9 Å². The molecule has 0 aliphatic carbocycles. The number of carbonyl (C=O) groups excluding carboxylic acids is 1. The first-order valence-corrected chi connectivity index (χ1v) is 7.82. The molecule has 2 aromatic rings. The lowest BCUT2D eigenvalue weighted by Gasteiger charge is -2.03. The van der Waals surface area contributed by atoms with Crippen LogP contribution in [-0.4, -0.2) is 38.7 Å². The second kappa shape index (κ2) is 5.26. The van der Waals surface area contributed by atoms with E-state index in [1.54, 1.807) is 19.4 Å². The summed E-state index contributed by atoms with van der Waals surface area (Å²) in [6, 6.07) is 5.43. The van der Waals surface area contributed by atoms with Crippen molar-refractivity contribution < 1.29 is 17.9 Å². The molecule has 0 saturated carbocycles. The maximum atomic E-state index is 12.1. The fraction of sp³-hybridized carbons (Fsp3) is 0.308. The number of sulfonamides is 1. The second-order valence-corrected chi connectivity index (χ2v) is 6.39. The Labute approximate surface area is 117 Å². The molecule has 1 aromatic heterocycles. The van der Waals surface area contributed by atoms with Crippen molar-refractivity contribution in [3.63, 3.8) is 0 Å². The fourth-order valence-corrected chi connectivity index (χ4v) is 2.41. The van der Waals surface area contributed by atoms with Crippen molar-refractivity contribution >= 4 is 26.7 Å². The third kappa shape index (κ3) is 3.00. The van der Waals surface area contributed by atoms with Crippen LogP contribution in [0.25, 0.3) is 10.9 Å². The Balaban J connectivity index is 2.40. The van der Waals surface area contributed by atoms with Crippen LogP contribution in [0.1, 0.15) is 10.4 Å². The van der Waals surface area contributed by atoms with E-state index in [1.165, 1.54) is 0 Å². The van der Waals surface area contributed by atoms with Gasteiger partial charge in [0.15, 0.2) is 5.78 Å². The molecule has 6 nitrogen and oxygen atoms in total. The van der Waals surface area contributed by atoms with Crippen molar-refractivity contribution in [1.82, 2.24) is 9.29 Å². The van der Waals surface area contributed by atoms with Crippen LogP contribution in [0, 0.1) is 0 Å². The molecule has 0 unspecified atom stereocenters. The first-order valence-electron chi connectivity index (χ1n) is 5.93. The molecule has 2 rings (SSSR count). The number of hydrogen-bond donors (Lipinski definition) is 1. The SMILES string of the molecule is COc1ccc2c(c1)c(C(=O)CNS(C)(=O)=O)cn2C. The van der Waals surface area contributed by atoms with Gasteiger partial charge < -0.3 is 9.30 Å². The van der Waals surface area contributed by atoms with Crippen LogP contribution in [0.15, 0.2) is 24.4 Å². The van der Waals surface area contributed by atoms with Crippen LogP contribution in [0.4, 0.5) is 0 Å². The predicted octanol–water partition coefficient (Wildman–Crippen LogP) is 0.919. The Kier molecular flexibility index (Phi) is 3.82. The van der Waals surface area contributed by atoms with Gasteiger partial charge in [0, 0.05) is 29.7 Å². The number of ether oxygens (including phenoxy) is 1. The molecule has 1 aromatic carbocycles. The van der Waals surface area contributed by atoms with Gasteiger partial charge in [0.2, 0.25) is 10.0 Å². The van der Waals surface area contributed by atoms with Gasteiger partial charge in [-0.3, -0.25) is 4.79 Å². The zero-order valence-corrected chi connectivity index (χ0v) is 12.3. The van der Waals surface area contributed by atoms with E-state index in [0.717, 1.165) is 17.2 Å². The van der Waals surface area contributed by atoms with Gasteiger partial charge in [-0.05, 0) is 18.2 Å². The van der Waals surface area contributed by atoms with Crippen molar-refractivity contribution in [2.45, 2.75) is 0 Å². The number of aromatic nitrogens is 1. The van der Waals surface area contributed by atoms with Gasteiger partial charge in [0.25, 0.3) is 0 Å². The fourth-order valence-electron chi connectivity index (χ4n) is 2.01. The van der Waals surface area contributed by atoms with Crippen molar-refractivity contribution in [2.75, 3.05) is 19.9 Å². The van der Waals surface area contributed by atoms with E-state index in [9.17, 15) is 13.2 Å².